The number of hydrogen-bond donors (Lipinski definition) is 0. The Bertz CT molecular complexity index is 514. The molecule has 0 bridgehead atoms. The molecule has 17 heavy (non-hydrogen) atoms. The van der Waals surface area contributed by atoms with E-state index in [4.69, 9.17) is 11.6 Å². The van der Waals surface area contributed by atoms with Crippen molar-refractivity contribution in [1.29, 1.82) is 0 Å². The Morgan fingerprint density at radius 3 is 2.35 bits per heavy atom. The molecule has 1 fully saturated rings. The molecule has 0 heterocycles. The summed E-state index contributed by atoms with van der Waals surface area (Å²) in [6.45, 7) is 0. The van der Waals surface area contributed by atoms with Crippen LogP contribution in [0.5, 0.6) is 0 Å². The third-order valence-electron chi connectivity index (χ3n) is 3.97. The maximum Gasteiger partial charge on any atom is 0.197 e. The lowest BCUT2D eigenvalue weighted by molar-refractivity contribution is 0.396. The van der Waals surface area contributed by atoms with E-state index in [0.717, 1.165) is 12.8 Å². The molecule has 2 atom stereocenters. The van der Waals surface area contributed by atoms with Gasteiger partial charge in [-0.05, 0) is 30.7 Å². The van der Waals surface area contributed by atoms with Crippen LogP contribution in [-0.2, 0) is 11.3 Å². The standard InChI is InChI=1S/C12H9ClF4/c13-12-3-1-2-5(12)4-6-7(12)9(15)11(17)10(16)8(6)14/h5H,1-4H2. The van der Waals surface area contributed by atoms with Gasteiger partial charge in [0.1, 0.15) is 0 Å². The van der Waals surface area contributed by atoms with Crippen molar-refractivity contribution in [1.82, 2.24) is 0 Å². The van der Waals surface area contributed by atoms with Crippen molar-refractivity contribution in [2.24, 2.45) is 5.92 Å². The predicted octanol–water partition coefficient (Wildman–Crippen LogP) is 4.03. The summed E-state index contributed by atoms with van der Waals surface area (Å²) in [5.74, 6) is -6.22. The molecule has 0 spiro atoms. The first-order chi connectivity index (χ1) is 7.97. The molecule has 2 aliphatic carbocycles. The molecule has 0 aromatic heterocycles. The van der Waals surface area contributed by atoms with Gasteiger partial charge < -0.3 is 0 Å². The second-order valence-corrected chi connectivity index (χ2v) is 5.44. The maximum absolute atomic E-state index is 13.8. The van der Waals surface area contributed by atoms with Crippen LogP contribution in [0, 0.1) is 29.2 Å². The molecule has 5 heteroatoms. The second-order valence-electron chi connectivity index (χ2n) is 4.77. The van der Waals surface area contributed by atoms with Crippen LogP contribution in [0.2, 0.25) is 0 Å². The normalized spacial score (nSPS) is 30.5. The summed E-state index contributed by atoms with van der Waals surface area (Å²) in [6, 6.07) is 0. The number of hydrogen-bond acceptors (Lipinski definition) is 0. The van der Waals surface area contributed by atoms with Gasteiger partial charge in [0.05, 0.1) is 4.87 Å². The van der Waals surface area contributed by atoms with E-state index in [-0.39, 0.29) is 23.5 Å². The molecule has 92 valence electrons. The first-order valence-corrected chi connectivity index (χ1v) is 5.89. The van der Waals surface area contributed by atoms with Crippen molar-refractivity contribution in [2.45, 2.75) is 30.6 Å². The molecule has 0 radical (unpaired) electrons. The smallest absolute Gasteiger partial charge is 0.197 e. The topological polar surface area (TPSA) is 0 Å². The van der Waals surface area contributed by atoms with Crippen LogP contribution in [0.4, 0.5) is 17.6 Å². The van der Waals surface area contributed by atoms with Crippen LogP contribution in [0.1, 0.15) is 30.4 Å². The fraction of sp³-hybridized carbons (Fsp3) is 0.500. The average molecular weight is 265 g/mol. The fourth-order valence-electron chi connectivity index (χ4n) is 3.18. The number of fused-ring (bicyclic) bond motifs is 3. The highest BCUT2D eigenvalue weighted by Gasteiger charge is 2.52. The van der Waals surface area contributed by atoms with Gasteiger partial charge in [-0.15, -0.1) is 11.6 Å². The molecule has 0 saturated heterocycles. The Labute approximate surface area is 101 Å². The third-order valence-corrected chi connectivity index (χ3v) is 4.66. The van der Waals surface area contributed by atoms with Crippen molar-refractivity contribution in [3.05, 3.63) is 34.4 Å². The van der Waals surface area contributed by atoms with Crippen molar-refractivity contribution >= 4 is 11.6 Å². The van der Waals surface area contributed by atoms with E-state index in [2.05, 4.69) is 0 Å². The molecule has 0 N–H and O–H groups in total. The van der Waals surface area contributed by atoms with E-state index in [9.17, 15) is 17.6 Å². The first kappa shape index (κ1) is 11.3. The van der Waals surface area contributed by atoms with E-state index < -0.39 is 28.1 Å². The largest absolute Gasteiger partial charge is 0.203 e. The molecule has 1 aromatic carbocycles. The zero-order chi connectivity index (χ0) is 12.4. The molecular weight excluding hydrogens is 256 g/mol. The lowest BCUT2D eigenvalue weighted by Gasteiger charge is -2.22. The molecule has 0 amide bonds. The SMILES string of the molecule is Fc1c(F)c(F)c2c(c1F)CC1CCCC21Cl. The highest BCUT2D eigenvalue weighted by atomic mass is 35.5. The first-order valence-electron chi connectivity index (χ1n) is 5.51. The van der Waals surface area contributed by atoms with E-state index in [0.29, 0.717) is 6.42 Å². The number of alkyl halides is 1. The molecule has 0 aliphatic heterocycles. The molecule has 1 aromatic rings. The number of halogens is 5. The van der Waals surface area contributed by atoms with Gasteiger partial charge in [-0.2, -0.15) is 0 Å². The Kier molecular flexibility index (Phi) is 2.25. The van der Waals surface area contributed by atoms with Crippen LogP contribution < -0.4 is 0 Å². The third kappa shape index (κ3) is 1.25. The van der Waals surface area contributed by atoms with Gasteiger partial charge in [0.15, 0.2) is 23.3 Å². The van der Waals surface area contributed by atoms with Gasteiger partial charge in [0, 0.05) is 5.56 Å². The molecule has 2 aliphatic rings. The van der Waals surface area contributed by atoms with Crippen LogP contribution in [0.3, 0.4) is 0 Å². The molecule has 0 nitrogen and oxygen atoms in total. The zero-order valence-electron chi connectivity index (χ0n) is 8.80. The lowest BCUT2D eigenvalue weighted by Crippen LogP contribution is -2.20. The van der Waals surface area contributed by atoms with E-state index in [1.165, 1.54) is 0 Å². The molecule has 2 unspecified atom stereocenters. The van der Waals surface area contributed by atoms with Crippen LogP contribution >= 0.6 is 11.6 Å². The molecule has 1 saturated carbocycles. The monoisotopic (exact) mass is 264 g/mol. The second kappa shape index (κ2) is 3.37. The van der Waals surface area contributed by atoms with Crippen molar-refractivity contribution in [2.75, 3.05) is 0 Å². The van der Waals surface area contributed by atoms with E-state index >= 15 is 0 Å². The average Bonchev–Trinajstić information content (AvgIpc) is 2.77. The van der Waals surface area contributed by atoms with Crippen LogP contribution in [0.25, 0.3) is 0 Å². The minimum atomic E-state index is -1.76. The predicted molar refractivity (Wildman–Crippen MR) is 54.9 cm³/mol. The lowest BCUT2D eigenvalue weighted by atomic mass is 9.94. The minimum absolute atomic E-state index is 0.0823. The van der Waals surface area contributed by atoms with Gasteiger partial charge in [-0.25, -0.2) is 17.6 Å². The summed E-state index contributed by atoms with van der Waals surface area (Å²) in [6.07, 6.45) is 2.21. The van der Waals surface area contributed by atoms with Gasteiger partial charge in [0.2, 0.25) is 0 Å². The van der Waals surface area contributed by atoms with E-state index in [1.807, 2.05) is 0 Å². The Morgan fingerprint density at radius 1 is 1.00 bits per heavy atom. The summed E-state index contributed by atoms with van der Waals surface area (Å²) in [4.78, 5) is -1.05. The molecular formula is C12H9ClF4. The summed E-state index contributed by atoms with van der Waals surface area (Å²) < 4.78 is 53.7. The summed E-state index contributed by atoms with van der Waals surface area (Å²) in [5, 5.41) is 0. The van der Waals surface area contributed by atoms with Gasteiger partial charge in [-0.3, -0.25) is 0 Å². The van der Waals surface area contributed by atoms with Crippen molar-refractivity contribution in [3.63, 3.8) is 0 Å². The Hall–Kier alpha value is -0.770. The minimum Gasteiger partial charge on any atom is -0.203 e. The number of benzene rings is 1. The summed E-state index contributed by atoms with van der Waals surface area (Å²) in [7, 11) is 0. The van der Waals surface area contributed by atoms with Crippen LogP contribution in [-0.4, -0.2) is 0 Å². The quantitative estimate of drug-likeness (QED) is 0.287. The highest BCUT2D eigenvalue weighted by Crippen LogP contribution is 2.57. The van der Waals surface area contributed by atoms with Gasteiger partial charge >= 0.3 is 0 Å². The van der Waals surface area contributed by atoms with Crippen LogP contribution in [0.15, 0.2) is 0 Å². The summed E-state index contributed by atoms with van der Waals surface area (Å²) >= 11 is 6.30. The highest BCUT2D eigenvalue weighted by molar-refractivity contribution is 6.25. The zero-order valence-corrected chi connectivity index (χ0v) is 9.55. The van der Waals surface area contributed by atoms with E-state index in [1.54, 1.807) is 0 Å². The Morgan fingerprint density at radius 2 is 1.65 bits per heavy atom. The Balaban J connectivity index is 2.32. The maximum atomic E-state index is 13.8. The van der Waals surface area contributed by atoms with Crippen molar-refractivity contribution < 1.29 is 17.6 Å². The molecule has 3 rings (SSSR count). The fourth-order valence-corrected chi connectivity index (χ4v) is 3.70. The van der Waals surface area contributed by atoms with Gasteiger partial charge in [0.25, 0.3) is 0 Å². The van der Waals surface area contributed by atoms with Crippen molar-refractivity contribution in [3.8, 4) is 0 Å². The van der Waals surface area contributed by atoms with Gasteiger partial charge in [-0.1, -0.05) is 6.42 Å². The summed E-state index contributed by atoms with van der Waals surface area (Å²) in [5.41, 5.74) is -0.237. The number of rotatable bonds is 0.